The Labute approximate surface area is 129 Å². The number of para-hydroxylation sites is 1. The van der Waals surface area contributed by atoms with Crippen LogP contribution < -0.4 is 10.6 Å². The molecule has 120 valence electrons. The van der Waals surface area contributed by atoms with Crippen LogP contribution in [-0.4, -0.2) is 23.0 Å². The van der Waals surface area contributed by atoms with Gasteiger partial charge in [0, 0.05) is 18.4 Å². The van der Waals surface area contributed by atoms with E-state index in [0.717, 1.165) is 0 Å². The summed E-state index contributed by atoms with van der Waals surface area (Å²) in [6.45, 7) is -0.364. The average molecular weight is 323 g/mol. The van der Waals surface area contributed by atoms with Crippen molar-refractivity contribution < 1.29 is 22.8 Å². The molecule has 5 nitrogen and oxygen atoms in total. The smallest absolute Gasteiger partial charge is 0.344 e. The second-order valence-electron chi connectivity index (χ2n) is 4.51. The summed E-state index contributed by atoms with van der Waals surface area (Å²) in [5.74, 6) is -2.54. The van der Waals surface area contributed by atoms with Crippen molar-refractivity contribution in [2.24, 2.45) is 0 Å². The molecular formula is C15H12F3N3O2. The van der Waals surface area contributed by atoms with Gasteiger partial charge in [0.1, 0.15) is 5.69 Å². The van der Waals surface area contributed by atoms with Crippen molar-refractivity contribution >= 4 is 17.5 Å². The van der Waals surface area contributed by atoms with Crippen molar-refractivity contribution in [1.82, 2.24) is 10.3 Å². The van der Waals surface area contributed by atoms with Gasteiger partial charge in [-0.25, -0.2) is 0 Å². The molecule has 0 unspecified atom stereocenters. The number of nitrogens with zero attached hydrogens (tertiary/aromatic N) is 1. The highest BCUT2D eigenvalue weighted by molar-refractivity contribution is 6.03. The molecule has 1 aromatic heterocycles. The van der Waals surface area contributed by atoms with Crippen LogP contribution in [0.25, 0.3) is 0 Å². The standard InChI is InChI=1S/C15H12F3N3O2/c16-15(17,18)14(23)20-9-10-5-1-2-6-11(10)21-13(22)12-7-3-4-8-19-12/h1-8H,9H2,(H,20,23)(H,21,22). The number of rotatable bonds is 4. The number of halogens is 3. The lowest BCUT2D eigenvalue weighted by atomic mass is 10.1. The molecule has 0 radical (unpaired) electrons. The van der Waals surface area contributed by atoms with Gasteiger partial charge in [0.05, 0.1) is 0 Å². The first-order valence-corrected chi connectivity index (χ1v) is 6.53. The lowest BCUT2D eigenvalue weighted by Crippen LogP contribution is -2.36. The Hall–Kier alpha value is -2.90. The monoisotopic (exact) mass is 323 g/mol. The summed E-state index contributed by atoms with van der Waals surface area (Å²) in [4.78, 5) is 26.8. The van der Waals surface area contributed by atoms with E-state index in [-0.39, 0.29) is 12.2 Å². The summed E-state index contributed by atoms with van der Waals surface area (Å²) in [7, 11) is 0. The Bertz CT molecular complexity index is 703. The largest absolute Gasteiger partial charge is 0.471 e. The molecule has 0 fully saturated rings. The Morgan fingerprint density at radius 1 is 1.04 bits per heavy atom. The summed E-state index contributed by atoms with van der Waals surface area (Å²) in [5.41, 5.74) is 0.807. The van der Waals surface area contributed by atoms with E-state index in [0.29, 0.717) is 11.3 Å². The minimum Gasteiger partial charge on any atom is -0.344 e. The zero-order valence-electron chi connectivity index (χ0n) is 11.7. The molecular weight excluding hydrogens is 311 g/mol. The molecule has 2 rings (SSSR count). The van der Waals surface area contributed by atoms with E-state index in [4.69, 9.17) is 0 Å². The van der Waals surface area contributed by atoms with Crippen LogP contribution in [0, 0.1) is 0 Å². The minimum absolute atomic E-state index is 0.168. The van der Waals surface area contributed by atoms with Crippen molar-refractivity contribution in [2.45, 2.75) is 12.7 Å². The lowest BCUT2D eigenvalue weighted by molar-refractivity contribution is -0.173. The SMILES string of the molecule is O=C(Nc1ccccc1CNC(=O)C(F)(F)F)c1ccccn1. The molecule has 0 bridgehead atoms. The van der Waals surface area contributed by atoms with Gasteiger partial charge in [-0.05, 0) is 23.8 Å². The molecule has 1 aromatic carbocycles. The Balaban J connectivity index is 2.09. The number of carbonyl (C=O) groups excluding carboxylic acids is 2. The van der Waals surface area contributed by atoms with Gasteiger partial charge in [-0.3, -0.25) is 14.6 Å². The number of hydrogen-bond donors (Lipinski definition) is 2. The molecule has 8 heteroatoms. The lowest BCUT2D eigenvalue weighted by Gasteiger charge is -2.12. The van der Waals surface area contributed by atoms with Crippen LogP contribution in [0.1, 0.15) is 16.1 Å². The molecule has 2 amide bonds. The summed E-state index contributed by atoms with van der Waals surface area (Å²) in [6.07, 6.45) is -3.50. The molecule has 23 heavy (non-hydrogen) atoms. The molecule has 1 heterocycles. The van der Waals surface area contributed by atoms with Gasteiger partial charge in [-0.2, -0.15) is 13.2 Å². The summed E-state index contributed by atoms with van der Waals surface area (Å²) in [5, 5.41) is 4.32. The number of nitrogens with one attached hydrogen (secondary N) is 2. The molecule has 0 atom stereocenters. The molecule has 2 aromatic rings. The molecule has 0 aliphatic rings. The van der Waals surface area contributed by atoms with Crippen molar-refractivity contribution in [3.8, 4) is 0 Å². The van der Waals surface area contributed by atoms with E-state index >= 15 is 0 Å². The Morgan fingerprint density at radius 2 is 1.74 bits per heavy atom. The van der Waals surface area contributed by atoms with E-state index in [2.05, 4.69) is 10.3 Å². The Morgan fingerprint density at radius 3 is 2.39 bits per heavy atom. The molecule has 0 aliphatic heterocycles. The zero-order chi connectivity index (χ0) is 16.9. The first-order valence-electron chi connectivity index (χ1n) is 6.53. The number of anilines is 1. The second-order valence-corrected chi connectivity index (χ2v) is 4.51. The van der Waals surface area contributed by atoms with Gasteiger partial charge in [-0.1, -0.05) is 24.3 Å². The summed E-state index contributed by atoms with van der Waals surface area (Å²) < 4.78 is 36.6. The van der Waals surface area contributed by atoms with Crippen LogP contribution in [0.3, 0.4) is 0 Å². The first kappa shape index (κ1) is 16.5. The quantitative estimate of drug-likeness (QED) is 0.908. The van der Waals surface area contributed by atoms with Crippen molar-refractivity contribution in [2.75, 3.05) is 5.32 Å². The van der Waals surface area contributed by atoms with Crippen LogP contribution in [-0.2, 0) is 11.3 Å². The zero-order valence-corrected chi connectivity index (χ0v) is 11.7. The highest BCUT2D eigenvalue weighted by Crippen LogP contribution is 2.18. The normalized spacial score (nSPS) is 10.9. The van der Waals surface area contributed by atoms with Gasteiger partial charge in [0.2, 0.25) is 0 Å². The number of amides is 2. The third-order valence-corrected chi connectivity index (χ3v) is 2.86. The van der Waals surface area contributed by atoms with Gasteiger partial charge < -0.3 is 10.6 Å². The van der Waals surface area contributed by atoms with E-state index in [1.165, 1.54) is 24.4 Å². The average Bonchev–Trinajstić information content (AvgIpc) is 2.53. The number of benzene rings is 1. The van der Waals surface area contributed by atoms with Crippen LogP contribution in [0.4, 0.5) is 18.9 Å². The van der Waals surface area contributed by atoms with Gasteiger partial charge in [-0.15, -0.1) is 0 Å². The fourth-order valence-corrected chi connectivity index (χ4v) is 1.76. The third-order valence-electron chi connectivity index (χ3n) is 2.86. The number of alkyl halides is 3. The van der Waals surface area contributed by atoms with Crippen molar-refractivity contribution in [3.05, 3.63) is 59.9 Å². The molecule has 0 saturated carbocycles. The highest BCUT2D eigenvalue weighted by Gasteiger charge is 2.38. The van der Waals surface area contributed by atoms with Crippen LogP contribution in [0.15, 0.2) is 48.7 Å². The maximum Gasteiger partial charge on any atom is 0.471 e. The fraction of sp³-hybridized carbons (Fsp3) is 0.133. The van der Waals surface area contributed by atoms with Gasteiger partial charge in [0.15, 0.2) is 0 Å². The van der Waals surface area contributed by atoms with Crippen molar-refractivity contribution in [1.29, 1.82) is 0 Å². The maximum absolute atomic E-state index is 12.2. The third kappa shape index (κ3) is 4.53. The number of carbonyl (C=O) groups is 2. The van der Waals surface area contributed by atoms with Gasteiger partial charge in [0.25, 0.3) is 5.91 Å². The second kappa shape index (κ2) is 6.91. The van der Waals surface area contributed by atoms with Crippen LogP contribution in [0.2, 0.25) is 0 Å². The summed E-state index contributed by atoms with van der Waals surface area (Å²) in [6, 6.07) is 11.0. The fourth-order valence-electron chi connectivity index (χ4n) is 1.76. The van der Waals surface area contributed by atoms with Crippen LogP contribution in [0.5, 0.6) is 0 Å². The molecule has 0 aliphatic carbocycles. The van der Waals surface area contributed by atoms with Crippen LogP contribution >= 0.6 is 0 Å². The molecule has 0 saturated heterocycles. The van der Waals surface area contributed by atoms with E-state index in [1.807, 2.05) is 0 Å². The van der Waals surface area contributed by atoms with Gasteiger partial charge >= 0.3 is 12.1 Å². The topological polar surface area (TPSA) is 71.1 Å². The van der Waals surface area contributed by atoms with E-state index in [1.54, 1.807) is 29.6 Å². The molecule has 2 N–H and O–H groups in total. The maximum atomic E-state index is 12.2. The highest BCUT2D eigenvalue weighted by atomic mass is 19.4. The van der Waals surface area contributed by atoms with E-state index < -0.39 is 18.0 Å². The van der Waals surface area contributed by atoms with Crippen molar-refractivity contribution in [3.63, 3.8) is 0 Å². The summed E-state index contributed by atoms with van der Waals surface area (Å²) >= 11 is 0. The number of pyridine rings is 1. The number of hydrogen-bond acceptors (Lipinski definition) is 3. The predicted molar refractivity (Wildman–Crippen MR) is 76.5 cm³/mol. The number of aromatic nitrogens is 1. The minimum atomic E-state index is -4.95. The van der Waals surface area contributed by atoms with E-state index in [9.17, 15) is 22.8 Å². The molecule has 0 spiro atoms. The Kier molecular flexibility index (Phi) is 4.95. The first-order chi connectivity index (χ1) is 10.9. The predicted octanol–water partition coefficient (Wildman–Crippen LogP) is 2.51.